The Bertz CT molecular complexity index is 450. The molecule has 0 spiro atoms. The molecule has 0 aromatic carbocycles. The fourth-order valence-corrected chi connectivity index (χ4v) is 2.26. The quantitative estimate of drug-likeness (QED) is 0.843. The van der Waals surface area contributed by atoms with E-state index in [1.807, 2.05) is 6.92 Å². The minimum atomic E-state index is -0.419. The zero-order valence-corrected chi connectivity index (χ0v) is 10.7. The molecule has 0 saturated carbocycles. The summed E-state index contributed by atoms with van der Waals surface area (Å²) in [6.45, 7) is 2.05. The molecular formula is C9H11ClN4O2S. The number of halogens is 1. The first-order chi connectivity index (χ1) is 8.13. The monoisotopic (exact) mass is 274 g/mol. The van der Waals surface area contributed by atoms with Crippen LogP contribution in [-0.4, -0.2) is 32.5 Å². The molecule has 1 aliphatic rings. The highest BCUT2D eigenvalue weighted by atomic mass is 35.5. The summed E-state index contributed by atoms with van der Waals surface area (Å²) < 4.78 is 4.07. The number of hydrogen-bond acceptors (Lipinski definition) is 5. The second-order valence-electron chi connectivity index (χ2n) is 3.71. The van der Waals surface area contributed by atoms with Crippen molar-refractivity contribution in [3.8, 4) is 0 Å². The van der Waals surface area contributed by atoms with Gasteiger partial charge in [0.2, 0.25) is 0 Å². The lowest BCUT2D eigenvalue weighted by Gasteiger charge is -2.10. The number of carbonyl (C=O) groups is 2. The van der Waals surface area contributed by atoms with Crippen LogP contribution in [0.2, 0.25) is 4.34 Å². The van der Waals surface area contributed by atoms with Crippen LogP contribution in [0.4, 0.5) is 4.79 Å². The summed E-state index contributed by atoms with van der Waals surface area (Å²) in [5, 5.41) is 6.42. The van der Waals surface area contributed by atoms with Gasteiger partial charge in [0, 0.05) is 11.5 Å². The maximum Gasteiger partial charge on any atom is 0.325 e. The maximum atomic E-state index is 11.9. The van der Waals surface area contributed by atoms with Crippen LogP contribution >= 0.6 is 23.1 Å². The highest BCUT2D eigenvalue weighted by Gasteiger charge is 2.37. The van der Waals surface area contributed by atoms with Gasteiger partial charge >= 0.3 is 6.03 Å². The Kier molecular flexibility index (Phi) is 3.58. The second kappa shape index (κ2) is 4.97. The number of rotatable bonds is 4. The first-order valence-electron chi connectivity index (χ1n) is 5.22. The van der Waals surface area contributed by atoms with Crippen molar-refractivity contribution in [1.82, 2.24) is 19.8 Å². The molecule has 1 atom stereocenters. The first-order valence-corrected chi connectivity index (χ1v) is 6.37. The van der Waals surface area contributed by atoms with E-state index in [1.54, 1.807) is 0 Å². The van der Waals surface area contributed by atoms with Crippen LogP contribution in [0.25, 0.3) is 0 Å². The van der Waals surface area contributed by atoms with E-state index in [2.05, 4.69) is 14.9 Å². The molecule has 0 radical (unpaired) electrons. The Morgan fingerprint density at radius 1 is 1.53 bits per heavy atom. The normalized spacial score (nSPS) is 19.9. The molecule has 17 heavy (non-hydrogen) atoms. The number of amides is 3. The topological polar surface area (TPSA) is 75.2 Å². The first kappa shape index (κ1) is 12.3. The third kappa shape index (κ3) is 2.39. The van der Waals surface area contributed by atoms with Gasteiger partial charge in [0.1, 0.15) is 16.1 Å². The summed E-state index contributed by atoms with van der Waals surface area (Å²) in [6.07, 6.45) is 1.48. The van der Waals surface area contributed by atoms with E-state index in [0.717, 1.165) is 22.9 Å². The molecule has 1 fully saturated rings. The average molecular weight is 275 g/mol. The summed E-state index contributed by atoms with van der Waals surface area (Å²) in [5.74, 6) is -0.221. The van der Waals surface area contributed by atoms with E-state index < -0.39 is 12.1 Å². The molecule has 8 heteroatoms. The number of nitrogens with zero attached hydrogens (tertiary/aromatic N) is 3. The molecule has 2 heterocycles. The van der Waals surface area contributed by atoms with Crippen molar-refractivity contribution >= 4 is 35.1 Å². The van der Waals surface area contributed by atoms with E-state index in [4.69, 9.17) is 11.6 Å². The number of aromatic nitrogens is 2. The molecule has 1 N–H and O–H groups in total. The summed E-state index contributed by atoms with van der Waals surface area (Å²) >= 11 is 6.87. The summed E-state index contributed by atoms with van der Waals surface area (Å²) in [4.78, 5) is 24.6. The Morgan fingerprint density at radius 2 is 2.29 bits per heavy atom. The summed E-state index contributed by atoms with van der Waals surface area (Å²) in [5.41, 5.74) is 0.456. The van der Waals surface area contributed by atoms with Crippen LogP contribution in [0.15, 0.2) is 0 Å². The summed E-state index contributed by atoms with van der Waals surface area (Å²) in [6, 6.07) is -0.810. The van der Waals surface area contributed by atoms with Gasteiger partial charge in [-0.05, 0) is 6.42 Å². The minimum absolute atomic E-state index is 0.0835. The SMILES string of the molecule is CCCC1NC(=O)N(Cc2nnsc2Cl)C1=O. The maximum absolute atomic E-state index is 11.9. The highest BCUT2D eigenvalue weighted by molar-refractivity contribution is 7.10. The van der Waals surface area contributed by atoms with E-state index in [-0.39, 0.29) is 12.5 Å². The number of hydrogen-bond donors (Lipinski definition) is 1. The zero-order chi connectivity index (χ0) is 12.4. The molecule has 3 amide bonds. The van der Waals surface area contributed by atoms with Gasteiger partial charge in [0.25, 0.3) is 5.91 Å². The van der Waals surface area contributed by atoms with Gasteiger partial charge in [0.05, 0.1) is 6.54 Å². The van der Waals surface area contributed by atoms with E-state index in [0.29, 0.717) is 16.5 Å². The van der Waals surface area contributed by atoms with E-state index in [1.165, 1.54) is 0 Å². The molecule has 1 aromatic rings. The third-order valence-electron chi connectivity index (χ3n) is 2.50. The molecule has 1 saturated heterocycles. The van der Waals surface area contributed by atoms with Crippen molar-refractivity contribution in [2.75, 3.05) is 0 Å². The predicted molar refractivity (Wildman–Crippen MR) is 62.7 cm³/mol. The van der Waals surface area contributed by atoms with Gasteiger partial charge in [-0.15, -0.1) is 5.10 Å². The summed E-state index contributed by atoms with van der Waals surface area (Å²) in [7, 11) is 0. The van der Waals surface area contributed by atoms with Crippen LogP contribution in [0, 0.1) is 0 Å². The molecule has 92 valence electrons. The lowest BCUT2D eigenvalue weighted by molar-refractivity contribution is -0.128. The van der Waals surface area contributed by atoms with Crippen LogP contribution in [0.1, 0.15) is 25.5 Å². The molecular weight excluding hydrogens is 264 g/mol. The van der Waals surface area contributed by atoms with Crippen molar-refractivity contribution in [3.05, 3.63) is 10.0 Å². The lowest BCUT2D eigenvalue weighted by atomic mass is 10.2. The van der Waals surface area contributed by atoms with E-state index >= 15 is 0 Å². The smallest absolute Gasteiger partial charge is 0.325 e. The fourth-order valence-electron chi connectivity index (χ4n) is 1.65. The minimum Gasteiger partial charge on any atom is -0.326 e. The van der Waals surface area contributed by atoms with Crippen LogP contribution < -0.4 is 5.32 Å². The van der Waals surface area contributed by atoms with Gasteiger partial charge in [-0.3, -0.25) is 9.69 Å². The lowest BCUT2D eigenvalue weighted by Crippen LogP contribution is -2.31. The number of urea groups is 1. The average Bonchev–Trinajstić information content (AvgIpc) is 2.79. The van der Waals surface area contributed by atoms with Gasteiger partial charge in [-0.1, -0.05) is 29.4 Å². The Morgan fingerprint density at radius 3 is 2.88 bits per heavy atom. The van der Waals surface area contributed by atoms with Gasteiger partial charge < -0.3 is 5.32 Å². The Hall–Kier alpha value is -1.21. The molecule has 6 nitrogen and oxygen atoms in total. The van der Waals surface area contributed by atoms with Crippen molar-refractivity contribution in [3.63, 3.8) is 0 Å². The zero-order valence-electron chi connectivity index (χ0n) is 9.14. The standard InChI is InChI=1S/C9H11ClN4O2S/c1-2-3-5-8(15)14(9(16)11-5)4-6-7(10)17-13-12-6/h5H,2-4H2,1H3,(H,11,16). The van der Waals surface area contributed by atoms with Crippen LogP contribution in [-0.2, 0) is 11.3 Å². The fraction of sp³-hybridized carbons (Fsp3) is 0.556. The van der Waals surface area contributed by atoms with Crippen LogP contribution in [0.5, 0.6) is 0 Å². The van der Waals surface area contributed by atoms with Crippen LogP contribution in [0.3, 0.4) is 0 Å². The van der Waals surface area contributed by atoms with Crippen molar-refractivity contribution in [2.45, 2.75) is 32.4 Å². The van der Waals surface area contributed by atoms with E-state index in [9.17, 15) is 9.59 Å². The number of nitrogens with one attached hydrogen (secondary N) is 1. The second-order valence-corrected chi connectivity index (χ2v) is 5.06. The number of imide groups is 1. The molecule has 1 aromatic heterocycles. The highest BCUT2D eigenvalue weighted by Crippen LogP contribution is 2.21. The third-order valence-corrected chi connectivity index (χ3v) is 3.49. The van der Waals surface area contributed by atoms with Gasteiger partial charge in [-0.2, -0.15) is 0 Å². The largest absolute Gasteiger partial charge is 0.326 e. The molecule has 2 rings (SSSR count). The molecule has 0 bridgehead atoms. The molecule has 0 aliphatic carbocycles. The van der Waals surface area contributed by atoms with Gasteiger partial charge in [0.15, 0.2) is 0 Å². The predicted octanol–water partition coefficient (Wildman–Crippen LogP) is 1.41. The number of carbonyl (C=O) groups excluding carboxylic acids is 2. The van der Waals surface area contributed by atoms with Crippen molar-refractivity contribution in [1.29, 1.82) is 0 Å². The van der Waals surface area contributed by atoms with Crippen molar-refractivity contribution in [2.24, 2.45) is 0 Å². The Labute approximate surface area is 107 Å². The van der Waals surface area contributed by atoms with Crippen molar-refractivity contribution < 1.29 is 9.59 Å². The Balaban J connectivity index is 2.09. The molecule has 1 aliphatic heterocycles. The molecule has 1 unspecified atom stereocenters. The van der Waals surface area contributed by atoms with Gasteiger partial charge in [-0.25, -0.2) is 4.79 Å².